The second-order valence-corrected chi connectivity index (χ2v) is 7.77. The molecule has 0 aliphatic carbocycles. The molecule has 3 rings (SSSR count). The van der Waals surface area contributed by atoms with E-state index in [0.717, 1.165) is 22.5 Å². The van der Waals surface area contributed by atoms with Gasteiger partial charge in [-0.05, 0) is 87.6 Å². The van der Waals surface area contributed by atoms with E-state index in [9.17, 15) is 4.79 Å². The minimum atomic E-state index is -0.0530. The van der Waals surface area contributed by atoms with E-state index in [1.54, 1.807) is 0 Å². The molecule has 0 radical (unpaired) electrons. The minimum absolute atomic E-state index is 0.0406. The molecule has 1 heterocycles. The monoisotopic (exact) mass is 375 g/mol. The third-order valence-electron chi connectivity index (χ3n) is 5.35. The van der Waals surface area contributed by atoms with Crippen LogP contribution in [-0.4, -0.2) is 15.7 Å². The van der Waals surface area contributed by atoms with Gasteiger partial charge >= 0.3 is 0 Å². The average molecular weight is 376 g/mol. The summed E-state index contributed by atoms with van der Waals surface area (Å²) in [7, 11) is 0. The van der Waals surface area contributed by atoms with Gasteiger partial charge in [0.2, 0.25) is 0 Å². The van der Waals surface area contributed by atoms with Crippen LogP contribution in [0.5, 0.6) is 0 Å². The maximum Gasteiger partial charge on any atom is 0.251 e. The number of rotatable bonds is 5. The molecule has 1 N–H and O–H groups in total. The average Bonchev–Trinajstić information content (AvgIpc) is 2.95. The van der Waals surface area contributed by atoms with Crippen molar-refractivity contribution < 1.29 is 4.79 Å². The predicted octanol–water partition coefficient (Wildman–Crippen LogP) is 4.96. The van der Waals surface area contributed by atoms with E-state index >= 15 is 0 Å². The second-order valence-electron chi connectivity index (χ2n) is 7.77. The van der Waals surface area contributed by atoms with Crippen LogP contribution in [0.4, 0.5) is 0 Å². The first kappa shape index (κ1) is 19.9. The molecule has 146 valence electrons. The Morgan fingerprint density at radius 2 is 1.61 bits per heavy atom. The SMILES string of the molecule is Cc1cc(C)n(Cc2ccc(C(=O)NC(C)c3cc(C)c(C)cc3C)cc2)n1. The van der Waals surface area contributed by atoms with Crippen LogP contribution < -0.4 is 5.32 Å². The first-order valence-corrected chi connectivity index (χ1v) is 9.73. The largest absolute Gasteiger partial charge is 0.346 e. The lowest BCUT2D eigenvalue weighted by Gasteiger charge is -2.18. The van der Waals surface area contributed by atoms with E-state index in [1.807, 2.05) is 42.8 Å². The van der Waals surface area contributed by atoms with E-state index in [2.05, 4.69) is 56.3 Å². The molecule has 0 bridgehead atoms. The quantitative estimate of drug-likeness (QED) is 0.685. The first-order valence-electron chi connectivity index (χ1n) is 9.73. The Morgan fingerprint density at radius 3 is 2.21 bits per heavy atom. The number of benzene rings is 2. The van der Waals surface area contributed by atoms with Crippen molar-refractivity contribution in [1.29, 1.82) is 0 Å². The van der Waals surface area contributed by atoms with Gasteiger partial charge in [-0.25, -0.2) is 0 Å². The van der Waals surface area contributed by atoms with Gasteiger partial charge in [0.25, 0.3) is 5.91 Å². The predicted molar refractivity (Wildman–Crippen MR) is 114 cm³/mol. The van der Waals surface area contributed by atoms with E-state index in [0.29, 0.717) is 12.1 Å². The minimum Gasteiger partial charge on any atom is -0.346 e. The maximum absolute atomic E-state index is 12.7. The Hall–Kier alpha value is -2.88. The van der Waals surface area contributed by atoms with Crippen LogP contribution >= 0.6 is 0 Å². The molecule has 4 nitrogen and oxygen atoms in total. The van der Waals surface area contributed by atoms with Gasteiger partial charge < -0.3 is 5.32 Å². The van der Waals surface area contributed by atoms with E-state index < -0.39 is 0 Å². The van der Waals surface area contributed by atoms with Crippen molar-refractivity contribution in [3.8, 4) is 0 Å². The maximum atomic E-state index is 12.7. The summed E-state index contributed by atoms with van der Waals surface area (Å²) in [5, 5.41) is 7.62. The van der Waals surface area contributed by atoms with Gasteiger partial charge in [0.05, 0.1) is 18.3 Å². The van der Waals surface area contributed by atoms with E-state index in [-0.39, 0.29) is 11.9 Å². The summed E-state index contributed by atoms with van der Waals surface area (Å²) in [5.74, 6) is -0.0530. The summed E-state index contributed by atoms with van der Waals surface area (Å²) < 4.78 is 1.98. The Bertz CT molecular complexity index is 999. The Labute approximate surface area is 167 Å². The fourth-order valence-corrected chi connectivity index (χ4v) is 3.58. The molecule has 0 aliphatic rings. The van der Waals surface area contributed by atoms with E-state index in [1.165, 1.54) is 16.7 Å². The van der Waals surface area contributed by atoms with Crippen LogP contribution in [0.3, 0.4) is 0 Å². The Kier molecular flexibility index (Phi) is 5.68. The molecular formula is C24H29N3O. The Balaban J connectivity index is 1.69. The molecular weight excluding hydrogens is 346 g/mol. The number of carbonyl (C=O) groups is 1. The third-order valence-corrected chi connectivity index (χ3v) is 5.35. The highest BCUT2D eigenvalue weighted by Gasteiger charge is 2.14. The van der Waals surface area contributed by atoms with Gasteiger partial charge in [-0.15, -0.1) is 0 Å². The standard InChI is InChI=1S/C24H29N3O/c1-15-11-17(3)23(12-16(15)2)20(6)25-24(28)22-9-7-21(8-10-22)14-27-19(5)13-18(4)26-27/h7-13,20H,14H2,1-6H3,(H,25,28). The fourth-order valence-electron chi connectivity index (χ4n) is 3.58. The van der Waals surface area contributed by atoms with Gasteiger partial charge in [-0.1, -0.05) is 24.3 Å². The zero-order valence-corrected chi connectivity index (χ0v) is 17.6. The third kappa shape index (κ3) is 4.33. The Morgan fingerprint density at radius 1 is 0.964 bits per heavy atom. The molecule has 0 fully saturated rings. The smallest absolute Gasteiger partial charge is 0.251 e. The zero-order chi connectivity index (χ0) is 20.4. The summed E-state index contributed by atoms with van der Waals surface area (Å²) >= 11 is 0. The van der Waals surface area contributed by atoms with Crippen LogP contribution in [0.2, 0.25) is 0 Å². The van der Waals surface area contributed by atoms with Gasteiger partial charge in [0, 0.05) is 11.3 Å². The number of aryl methyl sites for hydroxylation is 5. The highest BCUT2D eigenvalue weighted by molar-refractivity contribution is 5.94. The second kappa shape index (κ2) is 8.01. The van der Waals surface area contributed by atoms with Crippen molar-refractivity contribution in [2.24, 2.45) is 0 Å². The van der Waals surface area contributed by atoms with Crippen LogP contribution in [-0.2, 0) is 6.54 Å². The number of nitrogens with zero attached hydrogens (tertiary/aromatic N) is 2. The molecule has 0 spiro atoms. The summed E-state index contributed by atoms with van der Waals surface area (Å²) in [6.07, 6.45) is 0. The van der Waals surface area contributed by atoms with Crippen LogP contribution in [0.25, 0.3) is 0 Å². The highest BCUT2D eigenvalue weighted by atomic mass is 16.1. The van der Waals surface area contributed by atoms with Crippen molar-refractivity contribution in [1.82, 2.24) is 15.1 Å². The lowest BCUT2D eigenvalue weighted by molar-refractivity contribution is 0.0940. The fraction of sp³-hybridized carbons (Fsp3) is 0.333. The van der Waals surface area contributed by atoms with Gasteiger partial charge in [-0.3, -0.25) is 9.48 Å². The summed E-state index contributed by atoms with van der Waals surface area (Å²) in [6.45, 7) is 13.1. The van der Waals surface area contributed by atoms with E-state index in [4.69, 9.17) is 0 Å². The molecule has 2 aromatic carbocycles. The number of amides is 1. The highest BCUT2D eigenvalue weighted by Crippen LogP contribution is 2.22. The van der Waals surface area contributed by atoms with Gasteiger partial charge in [0.15, 0.2) is 0 Å². The lowest BCUT2D eigenvalue weighted by Crippen LogP contribution is -2.27. The van der Waals surface area contributed by atoms with Crippen molar-refractivity contribution >= 4 is 5.91 Å². The number of carbonyl (C=O) groups excluding carboxylic acids is 1. The first-order chi connectivity index (χ1) is 13.2. The number of aromatic nitrogens is 2. The lowest BCUT2D eigenvalue weighted by atomic mass is 9.96. The summed E-state index contributed by atoms with van der Waals surface area (Å²) in [4.78, 5) is 12.7. The molecule has 1 aromatic heterocycles. The molecule has 28 heavy (non-hydrogen) atoms. The number of hydrogen-bond acceptors (Lipinski definition) is 2. The van der Waals surface area contributed by atoms with Crippen LogP contribution in [0.15, 0.2) is 42.5 Å². The normalized spacial score (nSPS) is 12.1. The van der Waals surface area contributed by atoms with Crippen LogP contribution in [0.1, 0.15) is 62.5 Å². The number of nitrogens with one attached hydrogen (secondary N) is 1. The number of hydrogen-bond donors (Lipinski definition) is 1. The molecule has 1 unspecified atom stereocenters. The molecule has 1 atom stereocenters. The summed E-state index contributed by atoms with van der Waals surface area (Å²) in [6, 6.07) is 14.1. The van der Waals surface area contributed by atoms with Crippen molar-refractivity contribution in [2.45, 2.75) is 54.1 Å². The molecule has 4 heteroatoms. The van der Waals surface area contributed by atoms with Gasteiger partial charge in [0.1, 0.15) is 0 Å². The van der Waals surface area contributed by atoms with Crippen molar-refractivity contribution in [3.05, 3.63) is 87.2 Å². The molecule has 3 aromatic rings. The van der Waals surface area contributed by atoms with Crippen molar-refractivity contribution in [2.75, 3.05) is 0 Å². The molecule has 0 saturated carbocycles. The zero-order valence-electron chi connectivity index (χ0n) is 17.6. The summed E-state index contributed by atoms with van der Waals surface area (Å²) in [5.41, 5.74) is 8.84. The topological polar surface area (TPSA) is 46.9 Å². The van der Waals surface area contributed by atoms with Crippen LogP contribution in [0, 0.1) is 34.6 Å². The molecule has 0 saturated heterocycles. The van der Waals surface area contributed by atoms with Crippen molar-refractivity contribution in [3.63, 3.8) is 0 Å². The molecule has 1 amide bonds. The molecule has 0 aliphatic heterocycles. The van der Waals surface area contributed by atoms with Gasteiger partial charge in [-0.2, -0.15) is 5.10 Å².